The number of thioether (sulfide) groups is 1. The van der Waals surface area contributed by atoms with E-state index in [1.807, 2.05) is 54.9 Å². The molecule has 31 heavy (non-hydrogen) atoms. The Labute approximate surface area is 190 Å². The topological polar surface area (TPSA) is 81.5 Å². The minimum Gasteiger partial charge on any atom is -0.495 e. The highest BCUT2D eigenvalue weighted by molar-refractivity contribution is 7.99. The molecule has 0 saturated carbocycles. The van der Waals surface area contributed by atoms with Crippen LogP contribution < -0.4 is 19.7 Å². The number of nitrogens with one attached hydrogen (secondary N) is 1. The largest absolute Gasteiger partial charge is 0.495 e. The standard InChI is InChI=1S/C21H24ClN5O3S/c1-26(2)14-8-6-7-13(9-14)20-24-25-21(27(20)3)31-12-19(28)23-16-11-17(29-4)15(22)10-18(16)30-5/h6-11H,12H2,1-5H3,(H,23,28). The minimum atomic E-state index is -0.216. The molecule has 10 heteroatoms. The second-order valence-corrected chi connectivity index (χ2v) is 8.18. The van der Waals surface area contributed by atoms with Crippen LogP contribution in [0.4, 0.5) is 11.4 Å². The molecule has 0 atom stereocenters. The lowest BCUT2D eigenvalue weighted by Gasteiger charge is -2.13. The van der Waals surface area contributed by atoms with Crippen molar-refractivity contribution < 1.29 is 14.3 Å². The monoisotopic (exact) mass is 461 g/mol. The van der Waals surface area contributed by atoms with Crippen molar-refractivity contribution in [3.63, 3.8) is 0 Å². The van der Waals surface area contributed by atoms with E-state index < -0.39 is 0 Å². The molecule has 164 valence electrons. The van der Waals surface area contributed by atoms with Crippen LogP contribution in [0.3, 0.4) is 0 Å². The fraction of sp³-hybridized carbons (Fsp3) is 0.286. The number of benzene rings is 2. The Morgan fingerprint density at radius 3 is 2.58 bits per heavy atom. The van der Waals surface area contributed by atoms with Crippen LogP contribution in [0.15, 0.2) is 41.6 Å². The molecular weight excluding hydrogens is 438 g/mol. The van der Waals surface area contributed by atoms with Crippen molar-refractivity contribution in [2.75, 3.05) is 44.3 Å². The van der Waals surface area contributed by atoms with Gasteiger partial charge in [-0.1, -0.05) is 35.5 Å². The van der Waals surface area contributed by atoms with Gasteiger partial charge in [-0.3, -0.25) is 4.79 Å². The Bertz CT molecular complexity index is 1090. The number of methoxy groups -OCH3 is 2. The zero-order chi connectivity index (χ0) is 22.5. The molecule has 0 unspecified atom stereocenters. The zero-order valence-corrected chi connectivity index (χ0v) is 19.5. The molecule has 0 bridgehead atoms. The van der Waals surface area contributed by atoms with Crippen molar-refractivity contribution in [2.24, 2.45) is 7.05 Å². The van der Waals surface area contributed by atoms with Gasteiger partial charge in [-0.2, -0.15) is 0 Å². The van der Waals surface area contributed by atoms with Crippen molar-refractivity contribution in [3.8, 4) is 22.9 Å². The van der Waals surface area contributed by atoms with Gasteiger partial charge in [0, 0.05) is 44.5 Å². The molecule has 1 aromatic heterocycles. The lowest BCUT2D eigenvalue weighted by Crippen LogP contribution is -2.15. The van der Waals surface area contributed by atoms with E-state index in [-0.39, 0.29) is 11.7 Å². The van der Waals surface area contributed by atoms with Gasteiger partial charge >= 0.3 is 0 Å². The summed E-state index contributed by atoms with van der Waals surface area (Å²) in [5.41, 5.74) is 2.51. The summed E-state index contributed by atoms with van der Waals surface area (Å²) in [4.78, 5) is 14.5. The van der Waals surface area contributed by atoms with E-state index in [1.165, 1.54) is 26.0 Å². The number of nitrogens with zero attached hydrogens (tertiary/aromatic N) is 4. The van der Waals surface area contributed by atoms with Crippen LogP contribution in [0.2, 0.25) is 5.02 Å². The van der Waals surface area contributed by atoms with E-state index in [1.54, 1.807) is 12.1 Å². The quantitative estimate of drug-likeness (QED) is 0.508. The van der Waals surface area contributed by atoms with Crippen LogP contribution in [0.5, 0.6) is 11.5 Å². The molecule has 0 saturated heterocycles. The normalized spacial score (nSPS) is 10.6. The summed E-state index contributed by atoms with van der Waals surface area (Å²) in [7, 11) is 8.87. The number of carbonyl (C=O) groups is 1. The summed E-state index contributed by atoms with van der Waals surface area (Å²) in [6.45, 7) is 0. The van der Waals surface area contributed by atoms with Crippen LogP contribution in [0.25, 0.3) is 11.4 Å². The fourth-order valence-electron chi connectivity index (χ4n) is 2.89. The Balaban J connectivity index is 1.70. The maximum atomic E-state index is 12.5. The van der Waals surface area contributed by atoms with E-state index in [0.717, 1.165) is 17.1 Å². The first-order chi connectivity index (χ1) is 14.8. The number of hydrogen-bond donors (Lipinski definition) is 1. The third kappa shape index (κ3) is 5.23. The molecule has 3 rings (SSSR count). The maximum absolute atomic E-state index is 12.5. The summed E-state index contributed by atoms with van der Waals surface area (Å²) >= 11 is 7.41. The molecule has 1 amide bonds. The Kier molecular flexibility index (Phi) is 7.29. The molecule has 3 aromatic rings. The Morgan fingerprint density at radius 1 is 1.16 bits per heavy atom. The average molecular weight is 462 g/mol. The van der Waals surface area contributed by atoms with Crippen molar-refractivity contribution in [1.29, 1.82) is 0 Å². The highest BCUT2D eigenvalue weighted by Gasteiger charge is 2.16. The number of anilines is 2. The number of amides is 1. The first-order valence-corrected chi connectivity index (χ1v) is 10.7. The number of hydrogen-bond acceptors (Lipinski definition) is 7. The summed E-state index contributed by atoms with van der Waals surface area (Å²) in [5, 5.41) is 12.4. The van der Waals surface area contributed by atoms with Gasteiger partial charge < -0.3 is 24.3 Å². The summed E-state index contributed by atoms with van der Waals surface area (Å²) in [6, 6.07) is 11.3. The highest BCUT2D eigenvalue weighted by Crippen LogP contribution is 2.36. The van der Waals surface area contributed by atoms with Crippen molar-refractivity contribution in [2.45, 2.75) is 5.16 Å². The smallest absolute Gasteiger partial charge is 0.234 e. The lowest BCUT2D eigenvalue weighted by atomic mass is 10.2. The molecule has 0 aliphatic carbocycles. The lowest BCUT2D eigenvalue weighted by molar-refractivity contribution is -0.113. The van der Waals surface area contributed by atoms with Crippen LogP contribution in [-0.4, -0.2) is 54.7 Å². The third-order valence-electron chi connectivity index (χ3n) is 4.54. The molecular formula is C21H24ClN5O3S. The predicted molar refractivity (Wildman–Crippen MR) is 125 cm³/mol. The first kappa shape index (κ1) is 22.8. The van der Waals surface area contributed by atoms with Gasteiger partial charge in [-0.25, -0.2) is 0 Å². The second-order valence-electron chi connectivity index (χ2n) is 6.83. The molecule has 0 radical (unpaired) electrons. The average Bonchev–Trinajstić information content (AvgIpc) is 3.13. The SMILES string of the molecule is COc1cc(NC(=O)CSc2nnc(-c3cccc(N(C)C)c3)n2C)c(OC)cc1Cl. The Hall–Kier alpha value is -2.91. The number of ether oxygens (including phenoxy) is 2. The molecule has 1 heterocycles. The van der Waals surface area contributed by atoms with E-state index in [2.05, 4.69) is 15.5 Å². The molecule has 0 aliphatic rings. The van der Waals surface area contributed by atoms with Crippen LogP contribution in [0, 0.1) is 0 Å². The number of carbonyl (C=O) groups excluding carboxylic acids is 1. The molecule has 2 aromatic carbocycles. The van der Waals surface area contributed by atoms with E-state index >= 15 is 0 Å². The van der Waals surface area contributed by atoms with Gasteiger partial charge in [-0.15, -0.1) is 10.2 Å². The molecule has 0 fully saturated rings. The van der Waals surface area contributed by atoms with Crippen molar-refractivity contribution in [3.05, 3.63) is 41.4 Å². The summed E-state index contributed by atoms with van der Waals surface area (Å²) in [5.74, 6) is 1.56. The number of halogens is 1. The van der Waals surface area contributed by atoms with E-state index in [4.69, 9.17) is 21.1 Å². The van der Waals surface area contributed by atoms with Gasteiger partial charge in [0.1, 0.15) is 11.5 Å². The fourth-order valence-corrected chi connectivity index (χ4v) is 3.83. The third-order valence-corrected chi connectivity index (χ3v) is 5.85. The highest BCUT2D eigenvalue weighted by atomic mass is 35.5. The Morgan fingerprint density at radius 2 is 1.90 bits per heavy atom. The van der Waals surface area contributed by atoms with Gasteiger partial charge in [0.25, 0.3) is 0 Å². The van der Waals surface area contributed by atoms with Gasteiger partial charge in [0.2, 0.25) is 5.91 Å². The maximum Gasteiger partial charge on any atom is 0.234 e. The molecule has 1 N–H and O–H groups in total. The predicted octanol–water partition coefficient (Wildman–Crippen LogP) is 3.95. The van der Waals surface area contributed by atoms with E-state index in [9.17, 15) is 4.79 Å². The summed E-state index contributed by atoms with van der Waals surface area (Å²) < 4.78 is 12.4. The minimum absolute atomic E-state index is 0.151. The van der Waals surface area contributed by atoms with Gasteiger partial charge in [0.15, 0.2) is 11.0 Å². The van der Waals surface area contributed by atoms with E-state index in [0.29, 0.717) is 27.4 Å². The summed E-state index contributed by atoms with van der Waals surface area (Å²) in [6.07, 6.45) is 0. The first-order valence-electron chi connectivity index (χ1n) is 9.35. The van der Waals surface area contributed by atoms with Crippen LogP contribution in [0.1, 0.15) is 0 Å². The van der Waals surface area contributed by atoms with Crippen LogP contribution in [-0.2, 0) is 11.8 Å². The molecule has 0 aliphatic heterocycles. The molecule has 8 nitrogen and oxygen atoms in total. The number of rotatable bonds is 8. The second kappa shape index (κ2) is 9.93. The molecule has 0 spiro atoms. The van der Waals surface area contributed by atoms with Crippen molar-refractivity contribution in [1.82, 2.24) is 14.8 Å². The van der Waals surface area contributed by atoms with Crippen LogP contribution >= 0.6 is 23.4 Å². The zero-order valence-electron chi connectivity index (χ0n) is 18.0. The van der Waals surface area contributed by atoms with Gasteiger partial charge in [0.05, 0.1) is 30.7 Å². The van der Waals surface area contributed by atoms with Crippen molar-refractivity contribution >= 4 is 40.6 Å². The van der Waals surface area contributed by atoms with Gasteiger partial charge in [-0.05, 0) is 12.1 Å². The number of aromatic nitrogens is 3.